The summed E-state index contributed by atoms with van der Waals surface area (Å²) in [4.78, 5) is 0. The van der Waals surface area contributed by atoms with Crippen molar-refractivity contribution in [3.8, 4) is 5.75 Å². The van der Waals surface area contributed by atoms with Crippen LogP contribution in [0.4, 0.5) is 5.69 Å². The van der Waals surface area contributed by atoms with Crippen molar-refractivity contribution in [2.75, 3.05) is 25.6 Å². The highest BCUT2D eigenvalue weighted by molar-refractivity contribution is 5.50. The molecule has 0 amide bonds. The lowest BCUT2D eigenvalue weighted by Crippen LogP contribution is -2.12. The molecule has 0 atom stereocenters. The summed E-state index contributed by atoms with van der Waals surface area (Å²) in [6.07, 6.45) is 0. The Hall–Kier alpha value is -2.00. The van der Waals surface area contributed by atoms with Crippen LogP contribution in [0.2, 0.25) is 0 Å². The van der Waals surface area contributed by atoms with E-state index in [2.05, 4.69) is 24.4 Å². The van der Waals surface area contributed by atoms with E-state index < -0.39 is 0 Å². The van der Waals surface area contributed by atoms with E-state index in [1.165, 1.54) is 5.56 Å². The molecule has 0 spiro atoms. The van der Waals surface area contributed by atoms with E-state index in [1.54, 1.807) is 7.11 Å². The van der Waals surface area contributed by atoms with Crippen LogP contribution >= 0.6 is 0 Å². The molecule has 0 aliphatic rings. The van der Waals surface area contributed by atoms with Gasteiger partial charge in [-0.2, -0.15) is 0 Å². The Bertz CT molecular complexity index is 540. The van der Waals surface area contributed by atoms with Gasteiger partial charge in [-0.05, 0) is 36.2 Å². The number of rotatable bonds is 7. The molecule has 3 heteroatoms. The van der Waals surface area contributed by atoms with Crippen LogP contribution in [0.3, 0.4) is 0 Å². The first-order valence-corrected chi connectivity index (χ1v) is 6.80. The van der Waals surface area contributed by atoms with Gasteiger partial charge in [0.2, 0.25) is 0 Å². The van der Waals surface area contributed by atoms with Crippen molar-refractivity contribution in [1.82, 2.24) is 0 Å². The first-order valence-electron chi connectivity index (χ1n) is 6.80. The molecule has 1 N–H and O–H groups in total. The van der Waals surface area contributed by atoms with Crippen LogP contribution in [-0.4, -0.2) is 20.3 Å². The summed E-state index contributed by atoms with van der Waals surface area (Å²) >= 11 is 0. The number of anilines is 1. The first-order chi connectivity index (χ1) is 9.79. The molecular formula is C17H21NO2. The zero-order chi connectivity index (χ0) is 14.2. The molecular weight excluding hydrogens is 250 g/mol. The van der Waals surface area contributed by atoms with Gasteiger partial charge in [-0.1, -0.05) is 30.3 Å². The normalized spacial score (nSPS) is 10.3. The van der Waals surface area contributed by atoms with E-state index >= 15 is 0 Å². The molecule has 0 heterocycles. The van der Waals surface area contributed by atoms with Gasteiger partial charge in [-0.3, -0.25) is 0 Å². The predicted octanol–water partition coefficient (Wildman–Crippen LogP) is 3.63. The smallest absolute Gasteiger partial charge is 0.119 e. The summed E-state index contributed by atoms with van der Waals surface area (Å²) in [5, 5.41) is 3.37. The van der Waals surface area contributed by atoms with Gasteiger partial charge < -0.3 is 14.8 Å². The number of hydrogen-bond acceptors (Lipinski definition) is 3. The molecule has 0 saturated heterocycles. The summed E-state index contributed by atoms with van der Waals surface area (Å²) in [5.41, 5.74) is 3.52. The van der Waals surface area contributed by atoms with E-state index in [0.717, 1.165) is 23.5 Å². The molecule has 0 aliphatic carbocycles. The highest BCUT2D eigenvalue weighted by Gasteiger charge is 1.98. The molecule has 0 fully saturated rings. The van der Waals surface area contributed by atoms with Crippen LogP contribution in [0.1, 0.15) is 11.1 Å². The molecule has 0 unspecified atom stereocenters. The van der Waals surface area contributed by atoms with Crippen molar-refractivity contribution < 1.29 is 9.47 Å². The van der Waals surface area contributed by atoms with Gasteiger partial charge in [0.15, 0.2) is 0 Å². The van der Waals surface area contributed by atoms with Gasteiger partial charge >= 0.3 is 0 Å². The molecule has 20 heavy (non-hydrogen) atoms. The fourth-order valence-corrected chi connectivity index (χ4v) is 2.02. The van der Waals surface area contributed by atoms with Crippen molar-refractivity contribution >= 4 is 5.69 Å². The fourth-order valence-electron chi connectivity index (χ4n) is 2.02. The molecule has 0 aliphatic heterocycles. The van der Waals surface area contributed by atoms with Crippen molar-refractivity contribution in [3.63, 3.8) is 0 Å². The molecule has 0 bridgehead atoms. The van der Waals surface area contributed by atoms with Crippen molar-refractivity contribution in [2.45, 2.75) is 13.5 Å². The molecule has 2 aromatic carbocycles. The summed E-state index contributed by atoms with van der Waals surface area (Å²) in [6, 6.07) is 16.2. The summed E-state index contributed by atoms with van der Waals surface area (Å²) in [5.74, 6) is 0.881. The van der Waals surface area contributed by atoms with E-state index in [-0.39, 0.29) is 0 Å². The Balaban J connectivity index is 1.78. The van der Waals surface area contributed by atoms with E-state index in [4.69, 9.17) is 9.47 Å². The highest BCUT2D eigenvalue weighted by Crippen LogP contribution is 2.15. The first kappa shape index (κ1) is 14.4. The molecule has 0 radical (unpaired) electrons. The quantitative estimate of drug-likeness (QED) is 0.780. The number of para-hydroxylation sites is 1. The van der Waals surface area contributed by atoms with Gasteiger partial charge in [0, 0.05) is 19.3 Å². The highest BCUT2D eigenvalue weighted by atomic mass is 16.5. The summed E-state index contributed by atoms with van der Waals surface area (Å²) in [7, 11) is 1.69. The van der Waals surface area contributed by atoms with Gasteiger partial charge in [-0.15, -0.1) is 0 Å². The zero-order valence-corrected chi connectivity index (χ0v) is 12.1. The minimum Gasteiger partial charge on any atom is -0.492 e. The van der Waals surface area contributed by atoms with Gasteiger partial charge in [0.1, 0.15) is 12.4 Å². The lowest BCUT2D eigenvalue weighted by molar-refractivity contribution is 0.184. The Morgan fingerprint density at radius 1 is 1.05 bits per heavy atom. The lowest BCUT2D eigenvalue weighted by atomic mass is 10.2. The van der Waals surface area contributed by atoms with Gasteiger partial charge in [0.05, 0.1) is 6.61 Å². The SMILES string of the molecule is COCc1cccc(OCCNc2ccccc2C)c1. The van der Waals surface area contributed by atoms with Gasteiger partial charge in [0.25, 0.3) is 0 Å². The van der Waals surface area contributed by atoms with Crippen molar-refractivity contribution in [3.05, 3.63) is 59.7 Å². The third kappa shape index (κ3) is 4.28. The molecule has 0 saturated carbocycles. The van der Waals surface area contributed by atoms with E-state index in [0.29, 0.717) is 13.2 Å². The molecule has 106 valence electrons. The largest absolute Gasteiger partial charge is 0.492 e. The van der Waals surface area contributed by atoms with Crippen LogP contribution in [0.5, 0.6) is 5.75 Å². The lowest BCUT2D eigenvalue weighted by Gasteiger charge is -2.11. The monoisotopic (exact) mass is 271 g/mol. The van der Waals surface area contributed by atoms with Crippen LogP contribution in [0.25, 0.3) is 0 Å². The minimum atomic E-state index is 0.610. The molecule has 2 aromatic rings. The second kappa shape index (κ2) is 7.56. The van der Waals surface area contributed by atoms with Crippen molar-refractivity contribution in [2.24, 2.45) is 0 Å². The predicted molar refractivity (Wildman–Crippen MR) is 82.3 cm³/mol. The third-order valence-corrected chi connectivity index (χ3v) is 3.04. The minimum absolute atomic E-state index is 0.610. The van der Waals surface area contributed by atoms with Crippen LogP contribution < -0.4 is 10.1 Å². The second-order valence-electron chi connectivity index (χ2n) is 4.67. The maximum absolute atomic E-state index is 5.74. The number of hydrogen-bond donors (Lipinski definition) is 1. The van der Waals surface area contributed by atoms with Crippen LogP contribution in [-0.2, 0) is 11.3 Å². The van der Waals surface area contributed by atoms with Gasteiger partial charge in [-0.25, -0.2) is 0 Å². The Morgan fingerprint density at radius 2 is 1.90 bits per heavy atom. The van der Waals surface area contributed by atoms with E-state index in [9.17, 15) is 0 Å². The summed E-state index contributed by atoms with van der Waals surface area (Å²) in [6.45, 7) is 4.11. The number of methoxy groups -OCH3 is 1. The standard InChI is InChI=1S/C17H21NO2/c1-14-6-3-4-9-17(14)18-10-11-20-16-8-5-7-15(12-16)13-19-2/h3-9,12,18H,10-11,13H2,1-2H3. The molecule has 0 aromatic heterocycles. The van der Waals surface area contributed by atoms with Crippen molar-refractivity contribution in [1.29, 1.82) is 0 Å². The Labute approximate surface area is 120 Å². The fraction of sp³-hybridized carbons (Fsp3) is 0.294. The van der Waals surface area contributed by atoms with E-state index in [1.807, 2.05) is 36.4 Å². The number of nitrogens with one attached hydrogen (secondary N) is 1. The number of benzene rings is 2. The average molecular weight is 271 g/mol. The number of ether oxygens (including phenoxy) is 2. The molecule has 3 nitrogen and oxygen atoms in total. The summed E-state index contributed by atoms with van der Waals surface area (Å²) < 4.78 is 10.8. The zero-order valence-electron chi connectivity index (χ0n) is 12.1. The maximum Gasteiger partial charge on any atom is 0.119 e. The van der Waals surface area contributed by atoms with Crippen LogP contribution in [0, 0.1) is 6.92 Å². The van der Waals surface area contributed by atoms with Crippen LogP contribution in [0.15, 0.2) is 48.5 Å². The second-order valence-corrected chi connectivity index (χ2v) is 4.67. The average Bonchev–Trinajstić information content (AvgIpc) is 2.46. The third-order valence-electron chi connectivity index (χ3n) is 3.04. The maximum atomic E-state index is 5.74. The Kier molecular flexibility index (Phi) is 5.44. The topological polar surface area (TPSA) is 30.5 Å². The molecule has 2 rings (SSSR count). The number of aryl methyl sites for hydroxylation is 1. The Morgan fingerprint density at radius 3 is 2.70 bits per heavy atom.